The van der Waals surface area contributed by atoms with Crippen LogP contribution in [0.2, 0.25) is 0 Å². The van der Waals surface area contributed by atoms with Gasteiger partial charge in [-0.2, -0.15) is 0 Å². The molecule has 4 rings (SSSR count). The molecule has 2 aromatic carbocycles. The number of nitrogens with zero attached hydrogens (tertiary/aromatic N) is 2. The maximum atomic E-state index is 12.8. The molecule has 1 aliphatic rings. The van der Waals surface area contributed by atoms with E-state index in [2.05, 4.69) is 33.0 Å². The van der Waals surface area contributed by atoms with Crippen LogP contribution < -0.4 is 5.56 Å². The fraction of sp³-hybridized carbons (Fsp3) is 0.176. The van der Waals surface area contributed by atoms with Crippen LogP contribution >= 0.6 is 39.5 Å². The lowest BCUT2D eigenvalue weighted by Gasteiger charge is -2.13. The Kier molecular flexibility index (Phi) is 4.22. The van der Waals surface area contributed by atoms with Crippen molar-refractivity contribution in [1.82, 2.24) is 9.55 Å². The van der Waals surface area contributed by atoms with Gasteiger partial charge < -0.3 is 0 Å². The molecule has 0 N–H and O–H groups in total. The SMILES string of the molecule is O=c1c2ccccc2nc2n1C(CSc1ccc(Br)cc1)CS2. The Bertz CT molecular complexity index is 924. The van der Waals surface area contributed by atoms with E-state index in [9.17, 15) is 4.79 Å². The summed E-state index contributed by atoms with van der Waals surface area (Å²) in [5.41, 5.74) is 0.870. The number of rotatable bonds is 3. The lowest BCUT2D eigenvalue weighted by atomic mass is 10.2. The number of para-hydroxylation sites is 1. The van der Waals surface area contributed by atoms with Crippen LogP contribution in [0.5, 0.6) is 0 Å². The molecule has 0 saturated heterocycles. The summed E-state index contributed by atoms with van der Waals surface area (Å²) in [5.74, 6) is 1.78. The van der Waals surface area contributed by atoms with Gasteiger partial charge in [0.1, 0.15) is 0 Å². The number of benzene rings is 2. The first kappa shape index (κ1) is 15.3. The molecule has 23 heavy (non-hydrogen) atoms. The van der Waals surface area contributed by atoms with E-state index in [0.717, 1.165) is 26.7 Å². The van der Waals surface area contributed by atoms with Crippen molar-refractivity contribution in [1.29, 1.82) is 0 Å². The van der Waals surface area contributed by atoms with Crippen LogP contribution in [-0.4, -0.2) is 21.1 Å². The van der Waals surface area contributed by atoms with Crippen molar-refractivity contribution in [2.75, 3.05) is 11.5 Å². The van der Waals surface area contributed by atoms with E-state index in [1.807, 2.05) is 41.0 Å². The number of thioether (sulfide) groups is 2. The highest BCUT2D eigenvalue weighted by molar-refractivity contribution is 9.10. The third-order valence-electron chi connectivity index (χ3n) is 3.80. The van der Waals surface area contributed by atoms with E-state index in [-0.39, 0.29) is 11.6 Å². The van der Waals surface area contributed by atoms with Gasteiger partial charge in [0.05, 0.1) is 16.9 Å². The molecule has 3 nitrogen and oxygen atoms in total. The van der Waals surface area contributed by atoms with Gasteiger partial charge in [-0.3, -0.25) is 9.36 Å². The van der Waals surface area contributed by atoms with Crippen LogP contribution in [-0.2, 0) is 0 Å². The van der Waals surface area contributed by atoms with Crippen molar-refractivity contribution in [2.24, 2.45) is 0 Å². The molecule has 0 spiro atoms. The van der Waals surface area contributed by atoms with E-state index in [4.69, 9.17) is 0 Å². The van der Waals surface area contributed by atoms with Crippen molar-refractivity contribution < 1.29 is 0 Å². The molecular weight excluding hydrogens is 392 g/mol. The van der Waals surface area contributed by atoms with E-state index < -0.39 is 0 Å². The number of halogens is 1. The van der Waals surface area contributed by atoms with Gasteiger partial charge in [0.15, 0.2) is 5.16 Å². The van der Waals surface area contributed by atoms with Gasteiger partial charge in [-0.15, -0.1) is 11.8 Å². The second-order valence-electron chi connectivity index (χ2n) is 5.32. The number of hydrogen-bond donors (Lipinski definition) is 0. The zero-order valence-electron chi connectivity index (χ0n) is 12.1. The van der Waals surface area contributed by atoms with Gasteiger partial charge in [-0.1, -0.05) is 39.8 Å². The summed E-state index contributed by atoms with van der Waals surface area (Å²) in [4.78, 5) is 18.6. The van der Waals surface area contributed by atoms with E-state index in [0.29, 0.717) is 5.39 Å². The van der Waals surface area contributed by atoms with Gasteiger partial charge in [-0.25, -0.2) is 4.98 Å². The zero-order valence-corrected chi connectivity index (χ0v) is 15.3. The molecule has 2 heterocycles. The minimum Gasteiger partial charge on any atom is -0.282 e. The molecule has 1 aromatic heterocycles. The van der Waals surface area contributed by atoms with Crippen LogP contribution in [0, 0.1) is 0 Å². The summed E-state index contributed by atoms with van der Waals surface area (Å²) in [6.45, 7) is 0. The molecule has 0 radical (unpaired) electrons. The highest BCUT2D eigenvalue weighted by atomic mass is 79.9. The van der Waals surface area contributed by atoms with Gasteiger partial charge in [0, 0.05) is 20.9 Å². The highest BCUT2D eigenvalue weighted by Gasteiger charge is 2.26. The zero-order chi connectivity index (χ0) is 15.8. The topological polar surface area (TPSA) is 34.9 Å². The Hall–Kier alpha value is -1.24. The lowest BCUT2D eigenvalue weighted by molar-refractivity contribution is 0.558. The summed E-state index contributed by atoms with van der Waals surface area (Å²) in [5, 5.41) is 1.55. The van der Waals surface area contributed by atoms with Crippen molar-refractivity contribution in [3.8, 4) is 0 Å². The van der Waals surface area contributed by atoms with E-state index in [1.165, 1.54) is 4.90 Å². The Morgan fingerprint density at radius 2 is 2.00 bits per heavy atom. The Morgan fingerprint density at radius 1 is 1.22 bits per heavy atom. The average molecular weight is 405 g/mol. The second-order valence-corrected chi connectivity index (χ2v) is 8.31. The fourth-order valence-corrected chi connectivity index (χ4v) is 5.18. The van der Waals surface area contributed by atoms with E-state index in [1.54, 1.807) is 23.5 Å². The van der Waals surface area contributed by atoms with Crippen molar-refractivity contribution >= 4 is 50.4 Å². The lowest BCUT2D eigenvalue weighted by Crippen LogP contribution is -2.25. The highest BCUT2D eigenvalue weighted by Crippen LogP contribution is 2.34. The van der Waals surface area contributed by atoms with Crippen LogP contribution in [0.4, 0.5) is 0 Å². The molecule has 0 amide bonds. The average Bonchev–Trinajstić information content (AvgIpc) is 2.98. The third-order valence-corrected chi connectivity index (χ3v) is 6.58. The molecule has 1 aliphatic heterocycles. The molecule has 0 saturated carbocycles. The van der Waals surface area contributed by atoms with Crippen LogP contribution in [0.25, 0.3) is 10.9 Å². The minimum atomic E-state index is 0.0806. The predicted octanol–water partition coefficient (Wildman–Crippen LogP) is 4.60. The van der Waals surface area contributed by atoms with Crippen molar-refractivity contribution in [3.63, 3.8) is 0 Å². The Morgan fingerprint density at radius 3 is 2.83 bits per heavy atom. The molecule has 6 heteroatoms. The monoisotopic (exact) mass is 404 g/mol. The van der Waals surface area contributed by atoms with E-state index >= 15 is 0 Å². The van der Waals surface area contributed by atoms with Gasteiger partial charge >= 0.3 is 0 Å². The summed E-state index contributed by atoms with van der Waals surface area (Å²) in [7, 11) is 0. The van der Waals surface area contributed by atoms with Gasteiger partial charge in [0.2, 0.25) is 0 Å². The first-order valence-corrected chi connectivity index (χ1v) is 10.0. The quantitative estimate of drug-likeness (QED) is 0.471. The molecule has 1 atom stereocenters. The molecule has 3 aromatic rings. The number of hydrogen-bond acceptors (Lipinski definition) is 4. The predicted molar refractivity (Wildman–Crippen MR) is 101 cm³/mol. The number of aromatic nitrogens is 2. The second kappa shape index (κ2) is 6.34. The Labute approximate surface area is 150 Å². The largest absolute Gasteiger partial charge is 0.282 e. The normalized spacial score (nSPS) is 16.7. The minimum absolute atomic E-state index is 0.0806. The smallest absolute Gasteiger partial charge is 0.262 e. The van der Waals surface area contributed by atoms with Crippen molar-refractivity contribution in [2.45, 2.75) is 16.1 Å². The maximum Gasteiger partial charge on any atom is 0.262 e. The molecule has 0 aliphatic carbocycles. The Balaban J connectivity index is 1.63. The molecular formula is C17H13BrN2OS2. The first-order chi connectivity index (χ1) is 11.2. The molecule has 0 bridgehead atoms. The molecule has 0 fully saturated rings. The molecule has 116 valence electrons. The third kappa shape index (κ3) is 2.95. The van der Waals surface area contributed by atoms with Crippen LogP contribution in [0.15, 0.2) is 67.9 Å². The standard InChI is InChI=1S/C17H13BrN2OS2/c18-11-5-7-13(8-6-11)22-9-12-10-23-17-19-15-4-2-1-3-14(15)16(21)20(12)17/h1-8,12H,9-10H2. The van der Waals surface area contributed by atoms with Gasteiger partial charge in [0.25, 0.3) is 5.56 Å². The first-order valence-electron chi connectivity index (χ1n) is 7.25. The van der Waals surface area contributed by atoms with Crippen LogP contribution in [0.1, 0.15) is 6.04 Å². The number of fused-ring (bicyclic) bond motifs is 2. The summed E-state index contributed by atoms with van der Waals surface area (Å²) >= 11 is 6.91. The van der Waals surface area contributed by atoms with Crippen LogP contribution in [0.3, 0.4) is 0 Å². The molecule has 1 unspecified atom stereocenters. The van der Waals surface area contributed by atoms with Crippen molar-refractivity contribution in [3.05, 3.63) is 63.4 Å². The summed E-state index contributed by atoms with van der Waals surface area (Å²) in [6, 6.07) is 16.0. The summed E-state index contributed by atoms with van der Waals surface area (Å²) < 4.78 is 2.95. The van der Waals surface area contributed by atoms with Gasteiger partial charge in [-0.05, 0) is 36.4 Å². The fourth-order valence-electron chi connectivity index (χ4n) is 2.64. The summed E-state index contributed by atoms with van der Waals surface area (Å²) in [6.07, 6.45) is 0. The maximum absolute atomic E-state index is 12.8.